The van der Waals surface area contributed by atoms with Crippen LogP contribution in [0.5, 0.6) is 17.2 Å². The van der Waals surface area contributed by atoms with Gasteiger partial charge in [0.2, 0.25) is 10.0 Å². The number of fused-ring (bicyclic) bond motifs is 1. The zero-order valence-corrected chi connectivity index (χ0v) is 20.9. The summed E-state index contributed by atoms with van der Waals surface area (Å²) in [5.41, 5.74) is 3.12. The Kier molecular flexibility index (Phi) is 7.00. The molecule has 0 saturated carbocycles. The van der Waals surface area contributed by atoms with Gasteiger partial charge in [-0.15, -0.1) is 0 Å². The van der Waals surface area contributed by atoms with Crippen LogP contribution in [0.2, 0.25) is 0 Å². The monoisotopic (exact) mass is 496 g/mol. The van der Waals surface area contributed by atoms with Crippen molar-refractivity contribution in [3.8, 4) is 17.2 Å². The fraction of sp³-hybridized carbons (Fsp3) is 0.269. The van der Waals surface area contributed by atoms with Gasteiger partial charge in [0, 0.05) is 29.9 Å². The molecule has 0 bridgehead atoms. The largest absolute Gasteiger partial charge is 0.497 e. The smallest absolute Gasteiger partial charge is 0.258 e. The van der Waals surface area contributed by atoms with Crippen LogP contribution in [0.4, 0.5) is 5.69 Å². The number of sulfonamides is 1. The van der Waals surface area contributed by atoms with Gasteiger partial charge in [0.15, 0.2) is 0 Å². The number of hydrogen-bond acceptors (Lipinski definition) is 6. The number of benzene rings is 3. The van der Waals surface area contributed by atoms with E-state index in [0.29, 0.717) is 17.1 Å². The molecule has 1 aliphatic heterocycles. The summed E-state index contributed by atoms with van der Waals surface area (Å²) in [6.45, 7) is 2.05. The van der Waals surface area contributed by atoms with Gasteiger partial charge in [0.05, 0.1) is 21.3 Å². The molecule has 4 rings (SSSR count). The molecule has 0 aromatic heterocycles. The maximum atomic E-state index is 13.3. The molecular formula is C26H28N2O6S. The standard InChI is InChI=1S/C26H28N2O6S/c1-17-13-20-6-5-18(14-23(20)28(17)26(29)19-7-9-21(32-2)10-8-19)16-27-35(30,31)25-15-22(33-3)11-12-24(25)34-4/h5-12,14-15,17,27H,13,16H2,1-4H3/t17-/m0/s1. The van der Waals surface area contributed by atoms with Gasteiger partial charge in [-0.2, -0.15) is 0 Å². The summed E-state index contributed by atoms with van der Waals surface area (Å²) in [6, 6.07) is 17.3. The number of rotatable bonds is 8. The van der Waals surface area contributed by atoms with Gasteiger partial charge >= 0.3 is 0 Å². The Balaban J connectivity index is 1.57. The summed E-state index contributed by atoms with van der Waals surface area (Å²) in [4.78, 5) is 15.1. The highest BCUT2D eigenvalue weighted by Crippen LogP contribution is 2.35. The molecule has 0 saturated heterocycles. The maximum absolute atomic E-state index is 13.3. The molecule has 9 heteroatoms. The summed E-state index contributed by atoms with van der Waals surface area (Å²) < 4.78 is 44.3. The topological polar surface area (TPSA) is 94.2 Å². The molecule has 0 unspecified atom stereocenters. The van der Waals surface area contributed by atoms with Crippen molar-refractivity contribution in [2.24, 2.45) is 0 Å². The zero-order chi connectivity index (χ0) is 25.2. The van der Waals surface area contributed by atoms with Crippen LogP contribution in [0.3, 0.4) is 0 Å². The second kappa shape index (κ2) is 9.97. The molecule has 3 aromatic rings. The molecule has 184 valence electrons. The lowest BCUT2D eigenvalue weighted by Gasteiger charge is -2.23. The molecule has 1 atom stereocenters. The third-order valence-corrected chi connectivity index (χ3v) is 7.47. The molecule has 8 nitrogen and oxygen atoms in total. The van der Waals surface area contributed by atoms with Crippen molar-refractivity contribution < 1.29 is 27.4 Å². The normalized spacial score (nSPS) is 15.0. The van der Waals surface area contributed by atoms with Crippen molar-refractivity contribution in [2.45, 2.75) is 30.8 Å². The van der Waals surface area contributed by atoms with E-state index in [0.717, 1.165) is 23.2 Å². The summed E-state index contributed by atoms with van der Waals surface area (Å²) in [5.74, 6) is 1.19. The SMILES string of the molecule is COc1ccc(C(=O)N2c3cc(CNS(=O)(=O)c4cc(OC)ccc4OC)ccc3C[C@@H]2C)cc1. The molecule has 35 heavy (non-hydrogen) atoms. The van der Waals surface area contributed by atoms with Gasteiger partial charge in [0.1, 0.15) is 22.1 Å². The van der Waals surface area contributed by atoms with E-state index in [1.807, 2.05) is 25.1 Å². The van der Waals surface area contributed by atoms with Crippen LogP contribution < -0.4 is 23.8 Å². The number of nitrogens with one attached hydrogen (secondary N) is 1. The van der Waals surface area contributed by atoms with Crippen molar-refractivity contribution in [1.82, 2.24) is 4.72 Å². The first kappa shape index (κ1) is 24.6. The van der Waals surface area contributed by atoms with Crippen LogP contribution in [0.1, 0.15) is 28.4 Å². The molecule has 1 amide bonds. The lowest BCUT2D eigenvalue weighted by Crippen LogP contribution is -2.35. The number of amides is 1. The van der Waals surface area contributed by atoms with E-state index < -0.39 is 10.0 Å². The van der Waals surface area contributed by atoms with E-state index in [1.54, 1.807) is 48.4 Å². The molecule has 0 spiro atoms. The second-order valence-electron chi connectivity index (χ2n) is 8.26. The van der Waals surface area contributed by atoms with E-state index >= 15 is 0 Å². The second-order valence-corrected chi connectivity index (χ2v) is 10.00. The first-order valence-corrected chi connectivity index (χ1v) is 12.6. The molecule has 0 aliphatic carbocycles. The Morgan fingerprint density at radius 1 is 0.943 bits per heavy atom. The fourth-order valence-corrected chi connectivity index (χ4v) is 5.40. The van der Waals surface area contributed by atoms with Gasteiger partial charge in [0.25, 0.3) is 5.91 Å². The Hall–Kier alpha value is -3.56. The number of ether oxygens (including phenoxy) is 3. The molecule has 3 aromatic carbocycles. The highest BCUT2D eigenvalue weighted by molar-refractivity contribution is 7.89. The molecule has 0 radical (unpaired) electrons. The van der Waals surface area contributed by atoms with Gasteiger partial charge in [-0.05, 0) is 66.9 Å². The number of carbonyl (C=O) groups excluding carboxylic acids is 1. The van der Waals surface area contributed by atoms with Gasteiger partial charge in [-0.25, -0.2) is 13.1 Å². The van der Waals surface area contributed by atoms with Gasteiger partial charge in [-0.3, -0.25) is 4.79 Å². The summed E-state index contributed by atoms with van der Waals surface area (Å²) in [6.07, 6.45) is 0.726. The van der Waals surface area contributed by atoms with Crippen LogP contribution >= 0.6 is 0 Å². The zero-order valence-electron chi connectivity index (χ0n) is 20.1. The third kappa shape index (κ3) is 4.96. The van der Waals surface area contributed by atoms with Crippen molar-refractivity contribution >= 4 is 21.6 Å². The lowest BCUT2D eigenvalue weighted by molar-refractivity contribution is 0.0981. The molecule has 0 fully saturated rings. The number of carbonyl (C=O) groups is 1. The minimum atomic E-state index is -3.89. The van der Waals surface area contributed by atoms with Crippen LogP contribution in [-0.4, -0.2) is 41.7 Å². The lowest BCUT2D eigenvalue weighted by atomic mass is 10.1. The minimum Gasteiger partial charge on any atom is -0.497 e. The highest BCUT2D eigenvalue weighted by Gasteiger charge is 2.32. The van der Waals surface area contributed by atoms with Crippen molar-refractivity contribution in [3.63, 3.8) is 0 Å². The Bertz CT molecular complexity index is 1340. The van der Waals surface area contributed by atoms with Gasteiger partial charge in [-0.1, -0.05) is 12.1 Å². The van der Waals surface area contributed by atoms with Crippen molar-refractivity contribution in [1.29, 1.82) is 0 Å². The highest BCUT2D eigenvalue weighted by atomic mass is 32.2. The van der Waals surface area contributed by atoms with E-state index in [4.69, 9.17) is 14.2 Å². The fourth-order valence-electron chi connectivity index (χ4n) is 4.20. The average molecular weight is 497 g/mol. The predicted molar refractivity (Wildman–Crippen MR) is 133 cm³/mol. The van der Waals surface area contributed by atoms with Crippen molar-refractivity contribution in [2.75, 3.05) is 26.2 Å². The first-order valence-electron chi connectivity index (χ1n) is 11.1. The number of anilines is 1. The van der Waals surface area contributed by atoms with Crippen LogP contribution in [-0.2, 0) is 23.0 Å². The molecule has 1 N–H and O–H groups in total. The average Bonchev–Trinajstić information content (AvgIpc) is 3.21. The third-order valence-electron chi connectivity index (χ3n) is 6.05. The molecule has 1 heterocycles. The quantitative estimate of drug-likeness (QED) is 0.510. The van der Waals surface area contributed by atoms with Crippen molar-refractivity contribution in [3.05, 3.63) is 77.4 Å². The summed E-state index contributed by atoms with van der Waals surface area (Å²) in [5, 5.41) is 0. The molecular weight excluding hydrogens is 468 g/mol. The summed E-state index contributed by atoms with van der Waals surface area (Å²) in [7, 11) is 0.576. The Morgan fingerprint density at radius 2 is 1.63 bits per heavy atom. The predicted octanol–water partition coefficient (Wildman–Crippen LogP) is 3.78. The number of methoxy groups -OCH3 is 3. The minimum absolute atomic E-state index is 0.00885. The Morgan fingerprint density at radius 3 is 2.29 bits per heavy atom. The Labute approximate surface area is 205 Å². The van der Waals surface area contributed by atoms with E-state index in [1.165, 1.54) is 20.3 Å². The first-order chi connectivity index (χ1) is 16.8. The van der Waals surface area contributed by atoms with Crippen LogP contribution in [0, 0.1) is 0 Å². The van der Waals surface area contributed by atoms with E-state index in [9.17, 15) is 13.2 Å². The van der Waals surface area contributed by atoms with E-state index in [-0.39, 0.29) is 29.1 Å². The summed E-state index contributed by atoms with van der Waals surface area (Å²) >= 11 is 0. The number of nitrogens with zero attached hydrogens (tertiary/aromatic N) is 1. The molecule has 1 aliphatic rings. The number of hydrogen-bond donors (Lipinski definition) is 1. The maximum Gasteiger partial charge on any atom is 0.258 e. The van der Waals surface area contributed by atoms with E-state index in [2.05, 4.69) is 4.72 Å². The van der Waals surface area contributed by atoms with Crippen LogP contribution in [0.15, 0.2) is 65.6 Å². The van der Waals surface area contributed by atoms with Crippen LogP contribution in [0.25, 0.3) is 0 Å². The van der Waals surface area contributed by atoms with Gasteiger partial charge < -0.3 is 19.1 Å².